The third-order valence-electron chi connectivity index (χ3n) is 2.77. The predicted molar refractivity (Wildman–Crippen MR) is 73.7 cm³/mol. The van der Waals surface area contributed by atoms with E-state index in [1.54, 1.807) is 7.11 Å². The van der Waals surface area contributed by atoms with Crippen molar-refractivity contribution in [1.82, 2.24) is 0 Å². The van der Waals surface area contributed by atoms with Gasteiger partial charge in [0.2, 0.25) is 0 Å². The minimum absolute atomic E-state index is 0.458. The van der Waals surface area contributed by atoms with Crippen LogP contribution in [0.1, 0.15) is 31.2 Å². The molecule has 1 aromatic carbocycles. The minimum atomic E-state index is 0.458. The van der Waals surface area contributed by atoms with Gasteiger partial charge >= 0.3 is 0 Å². The van der Waals surface area contributed by atoms with Crippen molar-refractivity contribution in [3.63, 3.8) is 0 Å². The van der Waals surface area contributed by atoms with Gasteiger partial charge < -0.3 is 4.74 Å². The molecule has 0 aliphatic rings. The Morgan fingerprint density at radius 1 is 1.53 bits per heavy atom. The summed E-state index contributed by atoms with van der Waals surface area (Å²) < 4.78 is 5.13. The van der Waals surface area contributed by atoms with Gasteiger partial charge in [0.1, 0.15) is 11.2 Å². The fourth-order valence-electron chi connectivity index (χ4n) is 1.79. The largest absolute Gasteiger partial charge is 0.495 e. The number of halogens is 1. The van der Waals surface area contributed by atoms with E-state index in [0.717, 1.165) is 18.6 Å². The van der Waals surface area contributed by atoms with Gasteiger partial charge in [-0.2, -0.15) is 5.26 Å². The molecule has 1 unspecified atom stereocenters. The molecule has 0 heterocycles. The average Bonchev–Trinajstić information content (AvgIpc) is 2.35. The van der Waals surface area contributed by atoms with Gasteiger partial charge in [-0.25, -0.2) is 0 Å². The first-order valence-electron chi connectivity index (χ1n) is 5.57. The van der Waals surface area contributed by atoms with Crippen molar-refractivity contribution >= 4 is 23.4 Å². The second-order valence-electron chi connectivity index (χ2n) is 3.73. The molecule has 0 aromatic heterocycles. The van der Waals surface area contributed by atoms with Crippen LogP contribution in [0.3, 0.4) is 0 Å². The SMILES string of the molecule is CCC(CCSC#N)c1ccc(OC)c(Cl)c1. The van der Waals surface area contributed by atoms with E-state index in [-0.39, 0.29) is 0 Å². The van der Waals surface area contributed by atoms with Gasteiger partial charge in [0, 0.05) is 5.75 Å². The summed E-state index contributed by atoms with van der Waals surface area (Å²) in [6, 6.07) is 5.92. The van der Waals surface area contributed by atoms with E-state index in [0.29, 0.717) is 16.7 Å². The molecule has 0 aliphatic heterocycles. The highest BCUT2D eigenvalue weighted by molar-refractivity contribution is 8.03. The molecule has 0 amide bonds. The van der Waals surface area contributed by atoms with Gasteiger partial charge in [0.05, 0.1) is 12.1 Å². The second kappa shape index (κ2) is 7.47. The minimum Gasteiger partial charge on any atom is -0.495 e. The lowest BCUT2D eigenvalue weighted by atomic mass is 9.94. The molecule has 1 aromatic rings. The molecule has 0 N–H and O–H groups in total. The maximum absolute atomic E-state index is 8.51. The lowest BCUT2D eigenvalue weighted by Gasteiger charge is -2.15. The Balaban J connectivity index is 2.75. The summed E-state index contributed by atoms with van der Waals surface area (Å²) in [5.41, 5.74) is 1.22. The summed E-state index contributed by atoms with van der Waals surface area (Å²) in [7, 11) is 1.61. The Labute approximate surface area is 112 Å². The number of thioether (sulfide) groups is 1. The van der Waals surface area contributed by atoms with Crippen molar-refractivity contribution in [2.75, 3.05) is 12.9 Å². The van der Waals surface area contributed by atoms with Crippen molar-refractivity contribution in [2.24, 2.45) is 0 Å². The van der Waals surface area contributed by atoms with Crippen LogP contribution >= 0.6 is 23.4 Å². The zero-order valence-electron chi connectivity index (χ0n) is 10.1. The maximum Gasteiger partial charge on any atom is 0.137 e. The zero-order valence-corrected chi connectivity index (χ0v) is 11.6. The number of hydrogen-bond acceptors (Lipinski definition) is 3. The fourth-order valence-corrected chi connectivity index (χ4v) is 2.55. The van der Waals surface area contributed by atoms with Crippen LogP contribution in [-0.4, -0.2) is 12.9 Å². The first-order valence-corrected chi connectivity index (χ1v) is 6.93. The Morgan fingerprint density at radius 2 is 2.29 bits per heavy atom. The number of hydrogen-bond donors (Lipinski definition) is 0. The summed E-state index contributed by atoms with van der Waals surface area (Å²) in [4.78, 5) is 0. The van der Waals surface area contributed by atoms with Crippen LogP contribution in [0.25, 0.3) is 0 Å². The first-order chi connectivity index (χ1) is 8.22. The highest BCUT2D eigenvalue weighted by atomic mass is 35.5. The van der Waals surface area contributed by atoms with Crippen molar-refractivity contribution < 1.29 is 4.74 Å². The number of thiocyanates is 1. The Hall–Kier alpha value is -0.850. The van der Waals surface area contributed by atoms with Gasteiger partial charge in [-0.05, 0) is 48.2 Å². The van der Waals surface area contributed by atoms with Gasteiger partial charge in [0.15, 0.2) is 0 Å². The highest BCUT2D eigenvalue weighted by Gasteiger charge is 2.11. The molecule has 2 nitrogen and oxygen atoms in total. The highest BCUT2D eigenvalue weighted by Crippen LogP contribution is 2.31. The molecule has 1 atom stereocenters. The average molecular weight is 270 g/mol. The number of ether oxygens (including phenoxy) is 1. The predicted octanol–water partition coefficient (Wildman–Crippen LogP) is 4.45. The van der Waals surface area contributed by atoms with E-state index in [2.05, 4.69) is 18.4 Å². The van der Waals surface area contributed by atoms with Gasteiger partial charge in [-0.1, -0.05) is 24.6 Å². The van der Waals surface area contributed by atoms with Gasteiger partial charge in [0.25, 0.3) is 0 Å². The van der Waals surface area contributed by atoms with E-state index in [1.165, 1.54) is 17.3 Å². The van der Waals surface area contributed by atoms with E-state index >= 15 is 0 Å². The monoisotopic (exact) mass is 269 g/mol. The van der Waals surface area contributed by atoms with Crippen molar-refractivity contribution in [3.05, 3.63) is 28.8 Å². The lowest BCUT2D eigenvalue weighted by molar-refractivity contribution is 0.414. The van der Waals surface area contributed by atoms with Crippen molar-refractivity contribution in [3.8, 4) is 11.2 Å². The Kier molecular flexibility index (Phi) is 6.25. The van der Waals surface area contributed by atoms with Crippen molar-refractivity contribution in [2.45, 2.75) is 25.7 Å². The Morgan fingerprint density at radius 3 is 2.82 bits per heavy atom. The third kappa shape index (κ3) is 4.14. The lowest BCUT2D eigenvalue weighted by Crippen LogP contribution is -1.99. The summed E-state index contributed by atoms with van der Waals surface area (Å²) in [6.07, 6.45) is 2.05. The van der Waals surface area contributed by atoms with Crippen molar-refractivity contribution in [1.29, 1.82) is 5.26 Å². The molecule has 0 spiro atoms. The third-order valence-corrected chi connectivity index (χ3v) is 3.64. The maximum atomic E-state index is 8.51. The van der Waals surface area contributed by atoms with Crippen LogP contribution in [0.15, 0.2) is 18.2 Å². The van der Waals surface area contributed by atoms with Crippen LogP contribution < -0.4 is 4.74 Å². The fraction of sp³-hybridized carbons (Fsp3) is 0.462. The molecular formula is C13H16ClNOS. The molecule has 92 valence electrons. The standard InChI is InChI=1S/C13H16ClNOS/c1-3-10(6-7-17-9-15)11-4-5-13(16-2)12(14)8-11/h4-5,8,10H,3,6-7H2,1-2H3. The number of rotatable bonds is 6. The normalized spacial score (nSPS) is 11.9. The zero-order chi connectivity index (χ0) is 12.7. The smallest absolute Gasteiger partial charge is 0.137 e. The van der Waals surface area contributed by atoms with Crippen LogP contribution in [0.2, 0.25) is 5.02 Å². The van der Waals surface area contributed by atoms with Gasteiger partial charge in [-0.3, -0.25) is 0 Å². The quantitative estimate of drug-likeness (QED) is 0.565. The summed E-state index contributed by atoms with van der Waals surface area (Å²) in [5, 5.41) is 11.3. The molecule has 0 saturated heterocycles. The topological polar surface area (TPSA) is 33.0 Å². The number of methoxy groups -OCH3 is 1. The van der Waals surface area contributed by atoms with E-state index < -0.39 is 0 Å². The molecule has 0 aliphatic carbocycles. The molecule has 0 radical (unpaired) electrons. The molecule has 4 heteroatoms. The van der Waals surface area contributed by atoms with Gasteiger partial charge in [-0.15, -0.1) is 0 Å². The van der Waals surface area contributed by atoms with E-state index in [4.69, 9.17) is 21.6 Å². The first kappa shape index (κ1) is 14.2. The molecular weight excluding hydrogens is 254 g/mol. The number of nitrogens with zero attached hydrogens (tertiary/aromatic N) is 1. The second-order valence-corrected chi connectivity index (χ2v) is 5.01. The molecule has 17 heavy (non-hydrogen) atoms. The summed E-state index contributed by atoms with van der Waals surface area (Å²) in [5.74, 6) is 2.02. The van der Waals surface area contributed by atoms with Crippen LogP contribution in [-0.2, 0) is 0 Å². The molecule has 0 fully saturated rings. The molecule has 1 rings (SSSR count). The van der Waals surface area contributed by atoms with Crippen LogP contribution in [0, 0.1) is 10.7 Å². The Bertz CT molecular complexity index is 403. The van der Waals surface area contributed by atoms with Crippen LogP contribution in [0.5, 0.6) is 5.75 Å². The van der Waals surface area contributed by atoms with Crippen LogP contribution in [0.4, 0.5) is 0 Å². The molecule has 0 bridgehead atoms. The number of benzene rings is 1. The summed E-state index contributed by atoms with van der Waals surface area (Å²) >= 11 is 7.42. The molecule has 0 saturated carbocycles. The van der Waals surface area contributed by atoms with E-state index in [9.17, 15) is 0 Å². The van der Waals surface area contributed by atoms with E-state index in [1.807, 2.05) is 12.1 Å². The number of nitriles is 1. The summed E-state index contributed by atoms with van der Waals surface area (Å²) in [6.45, 7) is 2.15.